The first kappa shape index (κ1) is 15.5. The maximum absolute atomic E-state index is 12.9. The molecule has 7 heteroatoms. The summed E-state index contributed by atoms with van der Waals surface area (Å²) in [5.41, 5.74) is -0.813. The van der Waals surface area contributed by atoms with Crippen molar-refractivity contribution >= 4 is 31.9 Å². The number of hydrogen-bond acceptors (Lipinski definition) is 2. The Morgan fingerprint density at radius 1 is 1.10 bits per heavy atom. The molecule has 20 heavy (non-hydrogen) atoms. The Bertz CT molecular complexity index is 631. The summed E-state index contributed by atoms with van der Waals surface area (Å²) in [7, 11) is 0. The van der Waals surface area contributed by atoms with E-state index in [9.17, 15) is 18.3 Å². The van der Waals surface area contributed by atoms with Crippen molar-refractivity contribution in [1.82, 2.24) is 4.98 Å². The van der Waals surface area contributed by atoms with Crippen molar-refractivity contribution in [2.45, 2.75) is 12.3 Å². The van der Waals surface area contributed by atoms with E-state index < -0.39 is 17.8 Å². The van der Waals surface area contributed by atoms with Gasteiger partial charge >= 0.3 is 6.18 Å². The first-order valence-electron chi connectivity index (χ1n) is 5.45. The summed E-state index contributed by atoms with van der Waals surface area (Å²) in [4.78, 5) is 3.66. The van der Waals surface area contributed by atoms with E-state index in [2.05, 4.69) is 36.8 Å². The van der Waals surface area contributed by atoms with Crippen LogP contribution in [0.25, 0.3) is 0 Å². The molecule has 0 aliphatic rings. The standard InChI is InChI=1S/C13H8Br2F3NO/c14-10-2-1-7(5-11(10)15)12(20)8-6-19-4-3-9(8)13(16,17)18/h1-6,12,20H. The van der Waals surface area contributed by atoms with Crippen LogP contribution in [0.15, 0.2) is 45.6 Å². The number of aliphatic hydroxyl groups is 1. The van der Waals surface area contributed by atoms with Crippen molar-refractivity contribution in [3.05, 3.63) is 62.3 Å². The summed E-state index contributed by atoms with van der Waals surface area (Å²) in [6.07, 6.45) is -3.85. The highest BCUT2D eigenvalue weighted by molar-refractivity contribution is 9.13. The number of benzene rings is 1. The molecule has 1 atom stereocenters. The van der Waals surface area contributed by atoms with E-state index in [1.54, 1.807) is 18.2 Å². The second kappa shape index (κ2) is 5.83. The Hall–Kier alpha value is -0.920. The summed E-state index contributed by atoms with van der Waals surface area (Å²) in [5, 5.41) is 10.2. The molecule has 0 saturated heterocycles. The molecule has 0 spiro atoms. The lowest BCUT2D eigenvalue weighted by Crippen LogP contribution is -2.13. The summed E-state index contributed by atoms with van der Waals surface area (Å²) < 4.78 is 40.1. The van der Waals surface area contributed by atoms with Gasteiger partial charge in [0.25, 0.3) is 0 Å². The van der Waals surface area contributed by atoms with Gasteiger partial charge in [-0.1, -0.05) is 6.07 Å². The zero-order valence-electron chi connectivity index (χ0n) is 9.83. The maximum Gasteiger partial charge on any atom is 0.416 e. The smallest absolute Gasteiger partial charge is 0.384 e. The van der Waals surface area contributed by atoms with Gasteiger partial charge in [-0.05, 0) is 55.6 Å². The molecule has 2 aromatic rings. The molecule has 1 aromatic heterocycles. The monoisotopic (exact) mass is 409 g/mol. The quantitative estimate of drug-likeness (QED) is 0.777. The van der Waals surface area contributed by atoms with E-state index in [1.807, 2.05) is 0 Å². The number of hydrogen-bond donors (Lipinski definition) is 1. The van der Waals surface area contributed by atoms with Crippen molar-refractivity contribution in [2.75, 3.05) is 0 Å². The first-order valence-corrected chi connectivity index (χ1v) is 7.03. The van der Waals surface area contributed by atoms with Gasteiger partial charge in [-0.3, -0.25) is 4.98 Å². The fourth-order valence-corrected chi connectivity index (χ4v) is 2.39. The second-order valence-electron chi connectivity index (χ2n) is 4.04. The van der Waals surface area contributed by atoms with Gasteiger partial charge in [0.1, 0.15) is 6.10 Å². The summed E-state index contributed by atoms with van der Waals surface area (Å²) in [5.74, 6) is 0. The number of rotatable bonds is 2. The van der Waals surface area contributed by atoms with Gasteiger partial charge in [-0.15, -0.1) is 0 Å². The van der Waals surface area contributed by atoms with E-state index in [0.717, 1.165) is 22.9 Å². The molecular formula is C13H8Br2F3NO. The lowest BCUT2D eigenvalue weighted by molar-refractivity contribution is -0.139. The molecule has 1 heterocycles. The minimum absolute atomic E-state index is 0.269. The topological polar surface area (TPSA) is 33.1 Å². The SMILES string of the molecule is OC(c1ccc(Br)c(Br)c1)c1cnccc1C(F)(F)F. The summed E-state index contributed by atoms with van der Waals surface area (Å²) in [6.45, 7) is 0. The van der Waals surface area contributed by atoms with Crippen LogP contribution < -0.4 is 0 Å². The van der Waals surface area contributed by atoms with Gasteiger partial charge < -0.3 is 5.11 Å². The zero-order chi connectivity index (χ0) is 14.9. The highest BCUT2D eigenvalue weighted by Gasteiger charge is 2.35. The zero-order valence-corrected chi connectivity index (χ0v) is 13.0. The minimum Gasteiger partial charge on any atom is -0.384 e. The average Bonchev–Trinajstić information content (AvgIpc) is 2.40. The number of aliphatic hydroxyl groups excluding tert-OH is 1. The third kappa shape index (κ3) is 3.21. The van der Waals surface area contributed by atoms with Crippen LogP contribution in [0, 0.1) is 0 Å². The summed E-state index contributed by atoms with van der Waals surface area (Å²) >= 11 is 6.51. The van der Waals surface area contributed by atoms with Crippen LogP contribution in [0.4, 0.5) is 13.2 Å². The number of aromatic nitrogens is 1. The fourth-order valence-electron chi connectivity index (χ4n) is 1.74. The van der Waals surface area contributed by atoms with Crippen LogP contribution in [0.2, 0.25) is 0 Å². The van der Waals surface area contributed by atoms with Crippen molar-refractivity contribution in [1.29, 1.82) is 0 Å². The van der Waals surface area contributed by atoms with Crippen LogP contribution in [0.1, 0.15) is 22.8 Å². The van der Waals surface area contributed by atoms with Gasteiger partial charge in [0, 0.05) is 26.9 Å². The first-order chi connectivity index (χ1) is 9.30. The molecule has 0 fully saturated rings. The van der Waals surface area contributed by atoms with Crippen molar-refractivity contribution in [3.63, 3.8) is 0 Å². The molecular weight excluding hydrogens is 403 g/mol. The van der Waals surface area contributed by atoms with E-state index in [4.69, 9.17) is 0 Å². The molecule has 2 nitrogen and oxygen atoms in total. The van der Waals surface area contributed by atoms with Gasteiger partial charge in [-0.25, -0.2) is 0 Å². The van der Waals surface area contributed by atoms with Crippen LogP contribution in [0.5, 0.6) is 0 Å². The number of halogens is 5. The number of pyridine rings is 1. The van der Waals surface area contributed by atoms with E-state index in [1.165, 1.54) is 0 Å². The molecule has 106 valence electrons. The van der Waals surface area contributed by atoms with Gasteiger partial charge in [0.05, 0.1) is 5.56 Å². The third-order valence-corrected chi connectivity index (χ3v) is 4.59. The Morgan fingerprint density at radius 2 is 1.80 bits per heavy atom. The molecule has 0 bridgehead atoms. The molecule has 1 unspecified atom stereocenters. The second-order valence-corrected chi connectivity index (χ2v) is 5.75. The number of nitrogens with zero attached hydrogens (tertiary/aromatic N) is 1. The highest BCUT2D eigenvalue weighted by atomic mass is 79.9. The van der Waals surface area contributed by atoms with Crippen molar-refractivity contribution in [3.8, 4) is 0 Å². The number of alkyl halides is 3. The van der Waals surface area contributed by atoms with E-state index >= 15 is 0 Å². The molecule has 0 saturated carbocycles. The predicted octanol–water partition coefficient (Wildman–Crippen LogP) is 4.71. The molecule has 0 aliphatic heterocycles. The molecule has 0 aliphatic carbocycles. The molecule has 1 N–H and O–H groups in total. The van der Waals surface area contributed by atoms with E-state index in [0.29, 0.717) is 10.0 Å². The van der Waals surface area contributed by atoms with Crippen molar-refractivity contribution in [2.24, 2.45) is 0 Å². The molecule has 0 amide bonds. The van der Waals surface area contributed by atoms with Gasteiger partial charge in [0.15, 0.2) is 0 Å². The third-order valence-electron chi connectivity index (χ3n) is 2.71. The summed E-state index contributed by atoms with van der Waals surface area (Å²) in [6, 6.07) is 5.60. The Balaban J connectivity index is 2.48. The largest absolute Gasteiger partial charge is 0.416 e. The molecule has 1 aromatic carbocycles. The lowest BCUT2D eigenvalue weighted by Gasteiger charge is -2.17. The van der Waals surface area contributed by atoms with Crippen LogP contribution in [-0.2, 0) is 6.18 Å². The average molecular weight is 411 g/mol. The van der Waals surface area contributed by atoms with E-state index in [-0.39, 0.29) is 5.56 Å². The van der Waals surface area contributed by atoms with Crippen LogP contribution in [-0.4, -0.2) is 10.1 Å². The Morgan fingerprint density at radius 3 is 2.40 bits per heavy atom. The highest BCUT2D eigenvalue weighted by Crippen LogP contribution is 2.37. The Labute approximate surface area is 129 Å². The van der Waals surface area contributed by atoms with Gasteiger partial charge in [0.2, 0.25) is 0 Å². The maximum atomic E-state index is 12.9. The van der Waals surface area contributed by atoms with Gasteiger partial charge in [-0.2, -0.15) is 13.2 Å². The fraction of sp³-hybridized carbons (Fsp3) is 0.154. The van der Waals surface area contributed by atoms with Crippen LogP contribution in [0.3, 0.4) is 0 Å². The Kier molecular flexibility index (Phi) is 4.51. The normalized spacial score (nSPS) is 13.3. The molecule has 0 radical (unpaired) electrons. The minimum atomic E-state index is -4.54. The van der Waals surface area contributed by atoms with Crippen LogP contribution >= 0.6 is 31.9 Å². The van der Waals surface area contributed by atoms with Crippen molar-refractivity contribution < 1.29 is 18.3 Å². The lowest BCUT2D eigenvalue weighted by atomic mass is 9.98. The predicted molar refractivity (Wildman–Crippen MR) is 75.1 cm³/mol. The molecule has 2 rings (SSSR count).